The molecule has 2 N–H and O–H groups in total. The van der Waals surface area contributed by atoms with E-state index < -0.39 is 0 Å². The molecule has 0 heterocycles. The van der Waals surface area contributed by atoms with Gasteiger partial charge in [-0.3, -0.25) is 0 Å². The number of methoxy groups -OCH3 is 1. The van der Waals surface area contributed by atoms with Crippen LogP contribution in [0.15, 0.2) is 36.4 Å². The average Bonchev–Trinajstić information content (AvgIpc) is 2.32. The number of hydrogen-bond acceptors (Lipinski definition) is 2. The molecule has 0 atom stereocenters. The van der Waals surface area contributed by atoms with Crippen molar-refractivity contribution in [2.45, 2.75) is 13.8 Å². The maximum atomic E-state index is 5.85. The zero-order valence-corrected chi connectivity index (χ0v) is 10.4. The van der Waals surface area contributed by atoms with E-state index in [0.29, 0.717) is 0 Å². The van der Waals surface area contributed by atoms with Gasteiger partial charge in [-0.15, -0.1) is 0 Å². The summed E-state index contributed by atoms with van der Waals surface area (Å²) in [7, 11) is 1.68. The summed E-state index contributed by atoms with van der Waals surface area (Å²) in [6.45, 7) is 4.18. The van der Waals surface area contributed by atoms with Gasteiger partial charge in [0.25, 0.3) is 0 Å². The van der Waals surface area contributed by atoms with Crippen LogP contribution in [0.3, 0.4) is 0 Å². The van der Waals surface area contributed by atoms with Gasteiger partial charge in [-0.2, -0.15) is 0 Å². The molecule has 2 rings (SSSR count). The summed E-state index contributed by atoms with van der Waals surface area (Å²) >= 11 is 0. The summed E-state index contributed by atoms with van der Waals surface area (Å²) in [5.74, 6) is 0.882. The van der Waals surface area contributed by atoms with Crippen LogP contribution in [-0.2, 0) is 0 Å². The quantitative estimate of drug-likeness (QED) is 0.796. The number of hydrogen-bond donors (Lipinski definition) is 1. The van der Waals surface area contributed by atoms with Gasteiger partial charge in [-0.25, -0.2) is 0 Å². The van der Waals surface area contributed by atoms with Crippen molar-refractivity contribution in [3.05, 3.63) is 47.5 Å². The van der Waals surface area contributed by atoms with Gasteiger partial charge >= 0.3 is 0 Å². The molecule has 88 valence electrons. The third-order valence-corrected chi connectivity index (χ3v) is 2.99. The van der Waals surface area contributed by atoms with Gasteiger partial charge in [0.2, 0.25) is 0 Å². The van der Waals surface area contributed by atoms with Crippen LogP contribution in [0.1, 0.15) is 11.1 Å². The Morgan fingerprint density at radius 2 is 1.65 bits per heavy atom. The molecule has 0 unspecified atom stereocenters. The molecule has 0 radical (unpaired) electrons. The molecule has 17 heavy (non-hydrogen) atoms. The SMILES string of the molecule is COc1ccc(-c2cc(N)ccc2C)c(C)c1. The van der Waals surface area contributed by atoms with Crippen molar-refractivity contribution in [3.8, 4) is 16.9 Å². The van der Waals surface area contributed by atoms with Crippen LogP contribution in [-0.4, -0.2) is 7.11 Å². The second-order valence-electron chi connectivity index (χ2n) is 4.26. The Morgan fingerprint density at radius 3 is 2.29 bits per heavy atom. The predicted octanol–water partition coefficient (Wildman–Crippen LogP) is 3.56. The summed E-state index contributed by atoms with van der Waals surface area (Å²) in [4.78, 5) is 0. The van der Waals surface area contributed by atoms with E-state index in [1.807, 2.05) is 30.3 Å². The largest absolute Gasteiger partial charge is 0.497 e. The zero-order chi connectivity index (χ0) is 12.4. The number of rotatable bonds is 2. The molecule has 0 bridgehead atoms. The van der Waals surface area contributed by atoms with Gasteiger partial charge in [0.1, 0.15) is 5.75 Å². The van der Waals surface area contributed by atoms with E-state index in [4.69, 9.17) is 10.5 Å². The van der Waals surface area contributed by atoms with Crippen molar-refractivity contribution in [2.24, 2.45) is 0 Å². The van der Waals surface area contributed by atoms with E-state index in [1.165, 1.54) is 22.3 Å². The summed E-state index contributed by atoms with van der Waals surface area (Å²) in [6, 6.07) is 12.1. The van der Waals surface area contributed by atoms with Crippen molar-refractivity contribution in [1.82, 2.24) is 0 Å². The van der Waals surface area contributed by atoms with Crippen LogP contribution in [0.4, 0.5) is 5.69 Å². The first-order chi connectivity index (χ1) is 8.11. The Labute approximate surface area is 102 Å². The zero-order valence-electron chi connectivity index (χ0n) is 10.4. The molecule has 2 aromatic rings. The molecule has 2 heteroatoms. The lowest BCUT2D eigenvalue weighted by Crippen LogP contribution is -1.92. The number of benzene rings is 2. The highest BCUT2D eigenvalue weighted by Gasteiger charge is 2.06. The summed E-state index contributed by atoms with van der Waals surface area (Å²) in [6.07, 6.45) is 0. The van der Waals surface area contributed by atoms with E-state index in [0.717, 1.165) is 11.4 Å². The number of nitrogens with two attached hydrogens (primary N) is 1. The van der Waals surface area contributed by atoms with Crippen LogP contribution in [0.25, 0.3) is 11.1 Å². The summed E-state index contributed by atoms with van der Waals surface area (Å²) in [5.41, 5.74) is 11.5. The molecular weight excluding hydrogens is 210 g/mol. The topological polar surface area (TPSA) is 35.2 Å². The Bertz CT molecular complexity index is 547. The minimum Gasteiger partial charge on any atom is -0.497 e. The van der Waals surface area contributed by atoms with Gasteiger partial charge in [0.15, 0.2) is 0 Å². The predicted molar refractivity (Wildman–Crippen MR) is 72.3 cm³/mol. The van der Waals surface area contributed by atoms with Crippen LogP contribution in [0.5, 0.6) is 5.75 Å². The molecule has 2 aromatic carbocycles. The van der Waals surface area contributed by atoms with Crippen LogP contribution < -0.4 is 10.5 Å². The van der Waals surface area contributed by atoms with E-state index in [1.54, 1.807) is 7.11 Å². The van der Waals surface area contributed by atoms with Crippen molar-refractivity contribution < 1.29 is 4.74 Å². The second-order valence-corrected chi connectivity index (χ2v) is 4.26. The fraction of sp³-hybridized carbons (Fsp3) is 0.200. The van der Waals surface area contributed by atoms with E-state index >= 15 is 0 Å². The Hall–Kier alpha value is -1.96. The van der Waals surface area contributed by atoms with Gasteiger partial charge in [-0.1, -0.05) is 12.1 Å². The lowest BCUT2D eigenvalue weighted by molar-refractivity contribution is 0.414. The average molecular weight is 227 g/mol. The Morgan fingerprint density at radius 1 is 0.882 bits per heavy atom. The molecule has 0 fully saturated rings. The number of nitrogen functional groups attached to an aromatic ring is 1. The molecule has 0 saturated heterocycles. The lowest BCUT2D eigenvalue weighted by Gasteiger charge is -2.11. The van der Waals surface area contributed by atoms with Crippen LogP contribution >= 0.6 is 0 Å². The number of anilines is 1. The molecule has 0 aromatic heterocycles. The molecule has 0 spiro atoms. The molecule has 0 saturated carbocycles. The van der Waals surface area contributed by atoms with E-state index in [-0.39, 0.29) is 0 Å². The molecular formula is C15H17NO. The number of ether oxygens (including phenoxy) is 1. The Kier molecular flexibility index (Phi) is 3.05. The maximum absolute atomic E-state index is 5.85. The summed E-state index contributed by atoms with van der Waals surface area (Å²) in [5, 5.41) is 0. The highest BCUT2D eigenvalue weighted by atomic mass is 16.5. The molecule has 0 aliphatic rings. The fourth-order valence-electron chi connectivity index (χ4n) is 2.00. The highest BCUT2D eigenvalue weighted by molar-refractivity contribution is 5.74. The molecule has 0 aliphatic carbocycles. The molecule has 0 aliphatic heterocycles. The highest BCUT2D eigenvalue weighted by Crippen LogP contribution is 2.30. The maximum Gasteiger partial charge on any atom is 0.119 e. The molecule has 0 amide bonds. The standard InChI is InChI=1S/C15H17NO/c1-10-4-5-12(16)9-15(10)14-7-6-13(17-3)8-11(14)2/h4-9H,16H2,1-3H3. The first-order valence-corrected chi connectivity index (χ1v) is 5.63. The lowest BCUT2D eigenvalue weighted by atomic mass is 9.96. The third kappa shape index (κ3) is 2.26. The van der Waals surface area contributed by atoms with Crippen molar-refractivity contribution in [2.75, 3.05) is 12.8 Å². The summed E-state index contributed by atoms with van der Waals surface area (Å²) < 4.78 is 5.22. The minimum absolute atomic E-state index is 0.792. The van der Waals surface area contributed by atoms with Gasteiger partial charge in [-0.05, 0) is 60.4 Å². The van der Waals surface area contributed by atoms with Crippen molar-refractivity contribution in [3.63, 3.8) is 0 Å². The van der Waals surface area contributed by atoms with E-state index in [2.05, 4.69) is 19.9 Å². The van der Waals surface area contributed by atoms with Crippen LogP contribution in [0, 0.1) is 13.8 Å². The fourth-order valence-corrected chi connectivity index (χ4v) is 2.00. The van der Waals surface area contributed by atoms with Crippen molar-refractivity contribution >= 4 is 5.69 Å². The smallest absolute Gasteiger partial charge is 0.119 e. The van der Waals surface area contributed by atoms with Crippen LogP contribution in [0.2, 0.25) is 0 Å². The number of aryl methyl sites for hydroxylation is 2. The minimum atomic E-state index is 0.792. The van der Waals surface area contributed by atoms with Crippen molar-refractivity contribution in [1.29, 1.82) is 0 Å². The normalized spacial score (nSPS) is 10.3. The first-order valence-electron chi connectivity index (χ1n) is 5.63. The molecule has 2 nitrogen and oxygen atoms in total. The monoisotopic (exact) mass is 227 g/mol. The van der Waals surface area contributed by atoms with Gasteiger partial charge < -0.3 is 10.5 Å². The Balaban J connectivity index is 2.56. The van der Waals surface area contributed by atoms with E-state index in [9.17, 15) is 0 Å². The first kappa shape index (κ1) is 11.5. The second kappa shape index (κ2) is 4.50. The third-order valence-electron chi connectivity index (χ3n) is 2.99. The van der Waals surface area contributed by atoms with Gasteiger partial charge in [0.05, 0.1) is 7.11 Å². The van der Waals surface area contributed by atoms with Gasteiger partial charge in [0, 0.05) is 5.69 Å².